The average Bonchev–Trinajstić information content (AvgIpc) is 2.74. The smallest absolute Gasteiger partial charge is 0.335 e. The Labute approximate surface area is 175 Å². The van der Waals surface area contributed by atoms with Crippen LogP contribution in [0.1, 0.15) is 60.9 Å². The average molecular weight is 418 g/mol. The summed E-state index contributed by atoms with van der Waals surface area (Å²) in [6.45, 7) is 2.09. The van der Waals surface area contributed by atoms with Crippen molar-refractivity contribution in [2.45, 2.75) is 44.9 Å². The van der Waals surface area contributed by atoms with Gasteiger partial charge in [0.1, 0.15) is 5.82 Å². The van der Waals surface area contributed by atoms with E-state index >= 15 is 0 Å². The first-order valence-electron chi connectivity index (χ1n) is 9.81. The van der Waals surface area contributed by atoms with Crippen molar-refractivity contribution in [3.05, 3.63) is 47.3 Å². The third kappa shape index (κ3) is 6.17. The maximum absolute atomic E-state index is 14.1. The molecule has 1 heterocycles. The molecule has 2 N–H and O–H groups in total. The van der Waals surface area contributed by atoms with E-state index < -0.39 is 17.7 Å². The van der Waals surface area contributed by atoms with Crippen LogP contribution < -0.4 is 14.8 Å². The maximum Gasteiger partial charge on any atom is 0.335 e. The van der Waals surface area contributed by atoms with Gasteiger partial charge in [-0.2, -0.15) is 4.98 Å². The molecule has 0 bridgehead atoms. The van der Waals surface area contributed by atoms with Crippen LogP contribution in [0.2, 0.25) is 0 Å². The van der Waals surface area contributed by atoms with Gasteiger partial charge in [0.15, 0.2) is 0 Å². The first-order valence-corrected chi connectivity index (χ1v) is 9.81. The van der Waals surface area contributed by atoms with Gasteiger partial charge in [-0.1, -0.05) is 26.2 Å². The molecule has 0 aliphatic heterocycles. The third-order valence-electron chi connectivity index (χ3n) is 4.78. The molecule has 1 amide bonds. The number of hydrogen-bond donors (Lipinski definition) is 2. The molecule has 1 aromatic heterocycles. The monoisotopic (exact) mass is 418 g/mol. The Morgan fingerprint density at radius 1 is 1.17 bits per heavy atom. The molecule has 162 valence electrons. The standard InChI is InChI=1S/C22H27FN2O5/c1-4-5-6-7-14(16-9-11-20(29-2)25-21(16)30-3)13-19(26)24-18-12-15(22(27)28)8-10-17(18)23/h8-12,14H,4-7,13H2,1-3H3,(H,24,26)(H,27,28). The topological polar surface area (TPSA) is 97.8 Å². The van der Waals surface area contributed by atoms with Gasteiger partial charge in [0.05, 0.1) is 25.5 Å². The molecule has 0 saturated heterocycles. The zero-order valence-electron chi connectivity index (χ0n) is 17.4. The fraction of sp³-hybridized carbons (Fsp3) is 0.409. The predicted molar refractivity (Wildman–Crippen MR) is 111 cm³/mol. The van der Waals surface area contributed by atoms with Crippen LogP contribution in [-0.4, -0.2) is 36.2 Å². The molecule has 30 heavy (non-hydrogen) atoms. The largest absolute Gasteiger partial charge is 0.481 e. The maximum atomic E-state index is 14.1. The lowest BCUT2D eigenvalue weighted by molar-refractivity contribution is -0.116. The van der Waals surface area contributed by atoms with E-state index in [1.165, 1.54) is 14.2 Å². The second-order valence-electron chi connectivity index (χ2n) is 6.90. The van der Waals surface area contributed by atoms with E-state index in [4.69, 9.17) is 14.6 Å². The van der Waals surface area contributed by atoms with E-state index in [0.717, 1.165) is 49.4 Å². The molecule has 1 unspecified atom stereocenters. The summed E-state index contributed by atoms with van der Waals surface area (Å²) in [4.78, 5) is 28.1. The van der Waals surface area contributed by atoms with Crippen LogP contribution in [0.25, 0.3) is 0 Å². The van der Waals surface area contributed by atoms with Gasteiger partial charge in [0.25, 0.3) is 0 Å². The number of carbonyl (C=O) groups excluding carboxylic acids is 1. The summed E-state index contributed by atoms with van der Waals surface area (Å²) in [5, 5.41) is 11.6. The van der Waals surface area contributed by atoms with Gasteiger partial charge < -0.3 is 19.9 Å². The molecule has 2 aromatic rings. The molecule has 1 aromatic carbocycles. The van der Waals surface area contributed by atoms with Crippen LogP contribution in [-0.2, 0) is 4.79 Å². The molecule has 0 aliphatic rings. The number of rotatable bonds is 11. The lowest BCUT2D eigenvalue weighted by atomic mass is 9.90. The fourth-order valence-electron chi connectivity index (χ4n) is 3.21. The van der Waals surface area contributed by atoms with Gasteiger partial charge in [-0.05, 0) is 36.6 Å². The van der Waals surface area contributed by atoms with Crippen LogP contribution in [0.15, 0.2) is 30.3 Å². The van der Waals surface area contributed by atoms with Crippen molar-refractivity contribution in [1.29, 1.82) is 0 Å². The third-order valence-corrected chi connectivity index (χ3v) is 4.78. The quantitative estimate of drug-likeness (QED) is 0.517. The molecule has 8 heteroatoms. The number of anilines is 1. The van der Waals surface area contributed by atoms with Crippen LogP contribution in [0, 0.1) is 5.82 Å². The van der Waals surface area contributed by atoms with E-state index in [9.17, 15) is 14.0 Å². The van der Waals surface area contributed by atoms with Gasteiger partial charge in [-0.3, -0.25) is 4.79 Å². The number of amides is 1. The summed E-state index contributed by atoms with van der Waals surface area (Å²) in [5.41, 5.74) is 0.503. The minimum absolute atomic E-state index is 0.0742. The molecule has 0 aliphatic carbocycles. The second kappa shape index (κ2) is 11.1. The highest BCUT2D eigenvalue weighted by Gasteiger charge is 2.22. The summed E-state index contributed by atoms with van der Waals surface area (Å²) < 4.78 is 24.6. The summed E-state index contributed by atoms with van der Waals surface area (Å²) in [6, 6.07) is 6.80. The summed E-state index contributed by atoms with van der Waals surface area (Å²) in [5.74, 6) is -1.73. The zero-order valence-corrected chi connectivity index (χ0v) is 17.4. The van der Waals surface area contributed by atoms with Gasteiger partial charge in [-0.15, -0.1) is 0 Å². The highest BCUT2D eigenvalue weighted by molar-refractivity contribution is 5.94. The van der Waals surface area contributed by atoms with Gasteiger partial charge >= 0.3 is 5.97 Å². The number of pyridine rings is 1. The number of methoxy groups -OCH3 is 2. The first-order chi connectivity index (χ1) is 14.4. The highest BCUT2D eigenvalue weighted by atomic mass is 19.1. The first kappa shape index (κ1) is 23.1. The van der Waals surface area contributed by atoms with E-state index in [-0.39, 0.29) is 23.6 Å². The molecular weight excluding hydrogens is 391 g/mol. The van der Waals surface area contributed by atoms with Crippen LogP contribution in [0.4, 0.5) is 10.1 Å². The van der Waals surface area contributed by atoms with Crippen molar-refractivity contribution in [3.63, 3.8) is 0 Å². The number of halogens is 1. The molecule has 0 saturated carbocycles. The number of unbranched alkanes of at least 4 members (excludes halogenated alkanes) is 2. The van der Waals surface area contributed by atoms with Crippen LogP contribution >= 0.6 is 0 Å². The fourth-order valence-corrected chi connectivity index (χ4v) is 3.21. The minimum Gasteiger partial charge on any atom is -0.481 e. The molecule has 0 spiro atoms. The zero-order chi connectivity index (χ0) is 22.1. The van der Waals surface area contributed by atoms with Crippen molar-refractivity contribution >= 4 is 17.6 Å². The number of aromatic nitrogens is 1. The number of nitrogens with zero attached hydrogens (tertiary/aromatic N) is 1. The second-order valence-corrected chi connectivity index (χ2v) is 6.90. The Morgan fingerprint density at radius 3 is 2.57 bits per heavy atom. The molecule has 1 atom stereocenters. The lowest BCUT2D eigenvalue weighted by Crippen LogP contribution is -2.18. The summed E-state index contributed by atoms with van der Waals surface area (Å²) >= 11 is 0. The molecule has 2 rings (SSSR count). The van der Waals surface area contributed by atoms with Crippen LogP contribution in [0.5, 0.6) is 11.8 Å². The number of benzene rings is 1. The Balaban J connectivity index is 2.23. The van der Waals surface area contributed by atoms with Crippen LogP contribution in [0.3, 0.4) is 0 Å². The number of carboxylic acids is 1. The predicted octanol–water partition coefficient (Wildman–Crippen LogP) is 4.63. The van der Waals surface area contributed by atoms with E-state index in [1.807, 2.05) is 6.07 Å². The van der Waals surface area contributed by atoms with Crippen molar-refractivity contribution in [3.8, 4) is 11.8 Å². The Hall–Kier alpha value is -3.16. The van der Waals surface area contributed by atoms with Crippen molar-refractivity contribution in [2.75, 3.05) is 19.5 Å². The number of hydrogen-bond acceptors (Lipinski definition) is 5. The summed E-state index contributed by atoms with van der Waals surface area (Å²) in [7, 11) is 3.01. The number of ether oxygens (including phenoxy) is 2. The van der Waals surface area contributed by atoms with Crippen molar-refractivity contribution in [1.82, 2.24) is 4.98 Å². The minimum atomic E-state index is -1.20. The Kier molecular flexibility index (Phi) is 8.58. The molecule has 7 nitrogen and oxygen atoms in total. The Morgan fingerprint density at radius 2 is 1.93 bits per heavy atom. The van der Waals surface area contributed by atoms with Crippen molar-refractivity contribution < 1.29 is 28.6 Å². The van der Waals surface area contributed by atoms with Gasteiger partial charge in [0.2, 0.25) is 17.7 Å². The summed E-state index contributed by atoms with van der Waals surface area (Å²) in [6.07, 6.45) is 3.75. The number of carbonyl (C=O) groups is 2. The van der Waals surface area contributed by atoms with Gasteiger partial charge in [-0.25, -0.2) is 9.18 Å². The number of carboxylic acid groups (broad SMARTS) is 1. The SMILES string of the molecule is CCCCCC(CC(=O)Nc1cc(C(=O)O)ccc1F)c1ccc(OC)nc1OC. The molecule has 0 radical (unpaired) electrons. The highest BCUT2D eigenvalue weighted by Crippen LogP contribution is 2.33. The Bertz CT molecular complexity index is 888. The normalized spacial score (nSPS) is 11.6. The van der Waals surface area contributed by atoms with Gasteiger partial charge in [0, 0.05) is 18.1 Å². The molecule has 0 fully saturated rings. The van der Waals surface area contributed by atoms with E-state index in [2.05, 4.69) is 17.2 Å². The molecular formula is C22H27FN2O5. The van der Waals surface area contributed by atoms with E-state index in [0.29, 0.717) is 11.8 Å². The number of nitrogens with one attached hydrogen (secondary N) is 1. The van der Waals surface area contributed by atoms with Crippen molar-refractivity contribution in [2.24, 2.45) is 0 Å². The lowest BCUT2D eigenvalue weighted by Gasteiger charge is -2.19. The van der Waals surface area contributed by atoms with E-state index in [1.54, 1.807) is 6.07 Å². The number of aromatic carboxylic acids is 1.